The number of nitrogens with zero attached hydrogens (tertiary/aromatic N) is 1. The first-order valence-corrected chi connectivity index (χ1v) is 13.1. The molecule has 3 aromatic carbocycles. The van der Waals surface area contributed by atoms with Crippen molar-refractivity contribution in [3.05, 3.63) is 96.1 Å². The summed E-state index contributed by atoms with van der Waals surface area (Å²) < 4.78 is 33.6. The van der Waals surface area contributed by atoms with Gasteiger partial charge in [0.2, 0.25) is 0 Å². The fraction of sp³-hybridized carbons (Fsp3) is 0.222. The number of ether oxygens (including phenoxy) is 1. The second-order valence-electron chi connectivity index (χ2n) is 8.59. The molecule has 0 aliphatic carbocycles. The monoisotopic (exact) mass is 523 g/mol. The zero-order valence-corrected chi connectivity index (χ0v) is 21.4. The van der Waals surface area contributed by atoms with Crippen LogP contribution in [0.1, 0.15) is 29.8 Å². The number of rotatable bonds is 10. The van der Waals surface area contributed by atoms with Crippen molar-refractivity contribution in [2.45, 2.75) is 25.3 Å². The van der Waals surface area contributed by atoms with Crippen LogP contribution in [0.5, 0.6) is 0 Å². The Hall–Kier alpha value is -4.18. The van der Waals surface area contributed by atoms with Crippen LogP contribution in [0, 0.1) is 5.92 Å². The van der Waals surface area contributed by atoms with E-state index in [0.717, 1.165) is 5.56 Å². The van der Waals surface area contributed by atoms with Crippen LogP contribution < -0.4 is 14.9 Å². The smallest absolute Gasteiger partial charge is 0.338 e. The van der Waals surface area contributed by atoms with E-state index in [9.17, 15) is 22.8 Å². The van der Waals surface area contributed by atoms with E-state index in [-0.39, 0.29) is 22.9 Å². The minimum atomic E-state index is -4.08. The van der Waals surface area contributed by atoms with E-state index in [1.165, 1.54) is 28.6 Å². The van der Waals surface area contributed by atoms with Gasteiger partial charge < -0.3 is 10.1 Å². The van der Waals surface area contributed by atoms with Crippen LogP contribution in [-0.2, 0) is 26.1 Å². The number of hydrogen-bond acceptors (Lipinski definition) is 6. The molecule has 0 aliphatic rings. The molecule has 0 saturated heterocycles. The summed E-state index contributed by atoms with van der Waals surface area (Å²) in [6.45, 7) is 3.57. The molecule has 0 saturated carbocycles. The molecular weight excluding hydrogens is 494 g/mol. The Balaban J connectivity index is 1.75. The van der Waals surface area contributed by atoms with E-state index < -0.39 is 34.5 Å². The van der Waals surface area contributed by atoms with E-state index in [1.807, 2.05) is 44.2 Å². The summed E-state index contributed by atoms with van der Waals surface area (Å²) in [5.74, 6) is -1.51. The lowest BCUT2D eigenvalue weighted by atomic mass is 10.2. The number of sulfonamides is 1. The van der Waals surface area contributed by atoms with Crippen molar-refractivity contribution in [2.75, 3.05) is 17.5 Å². The molecule has 0 radical (unpaired) electrons. The average molecular weight is 524 g/mol. The fourth-order valence-electron chi connectivity index (χ4n) is 3.29. The zero-order valence-electron chi connectivity index (χ0n) is 20.6. The molecule has 194 valence electrons. The van der Waals surface area contributed by atoms with Crippen LogP contribution in [0.2, 0.25) is 0 Å². The molecule has 10 heteroatoms. The molecule has 3 amide bonds. The first-order chi connectivity index (χ1) is 17.7. The predicted octanol–water partition coefficient (Wildman–Crippen LogP) is 3.72. The standard InChI is InChI=1S/C27H29N3O6S/c1-20(2)17-28-27(33)29-25(31)19-36-26(32)22-12-9-15-24(16-22)37(34,35)30(23-13-7-4-8-14-23)18-21-10-5-3-6-11-21/h3-16,20H,17-19H2,1-2H3,(H2,28,29,31,33). The Labute approximate surface area is 216 Å². The number of benzene rings is 3. The van der Waals surface area contributed by atoms with Crippen LogP contribution in [0.4, 0.5) is 10.5 Å². The Morgan fingerprint density at radius 2 is 1.54 bits per heavy atom. The quantitative estimate of drug-likeness (QED) is 0.391. The van der Waals surface area contributed by atoms with E-state index >= 15 is 0 Å². The number of anilines is 1. The van der Waals surface area contributed by atoms with Gasteiger partial charge in [-0.1, -0.05) is 68.4 Å². The largest absolute Gasteiger partial charge is 0.452 e. The number of imide groups is 1. The minimum absolute atomic E-state index is 0.0501. The van der Waals surface area contributed by atoms with Crippen LogP contribution in [0.15, 0.2) is 89.8 Å². The van der Waals surface area contributed by atoms with Gasteiger partial charge in [0.1, 0.15) is 0 Å². The number of amides is 3. The second kappa shape index (κ2) is 12.7. The molecule has 0 fully saturated rings. The van der Waals surface area contributed by atoms with Gasteiger partial charge in [-0.25, -0.2) is 18.0 Å². The molecule has 0 aromatic heterocycles. The Morgan fingerprint density at radius 1 is 0.892 bits per heavy atom. The average Bonchev–Trinajstić information content (AvgIpc) is 2.90. The van der Waals surface area contributed by atoms with Crippen LogP contribution in [0.3, 0.4) is 0 Å². The van der Waals surface area contributed by atoms with E-state index in [0.29, 0.717) is 12.2 Å². The highest BCUT2D eigenvalue weighted by Crippen LogP contribution is 2.26. The second-order valence-corrected chi connectivity index (χ2v) is 10.5. The molecule has 37 heavy (non-hydrogen) atoms. The number of carbonyl (C=O) groups is 3. The van der Waals surface area contributed by atoms with E-state index in [2.05, 4.69) is 10.6 Å². The highest BCUT2D eigenvalue weighted by Gasteiger charge is 2.26. The molecular formula is C27H29N3O6S. The maximum atomic E-state index is 13.7. The van der Waals surface area contributed by atoms with Crippen LogP contribution in [-0.4, -0.2) is 39.5 Å². The fourth-order valence-corrected chi connectivity index (χ4v) is 4.79. The Kier molecular flexibility index (Phi) is 9.39. The van der Waals surface area contributed by atoms with Gasteiger partial charge in [-0.05, 0) is 41.8 Å². The molecule has 0 aliphatic heterocycles. The number of hydrogen-bond donors (Lipinski definition) is 2. The van der Waals surface area contributed by atoms with Gasteiger partial charge in [0.25, 0.3) is 15.9 Å². The van der Waals surface area contributed by atoms with Crippen molar-refractivity contribution in [1.82, 2.24) is 10.6 Å². The van der Waals surface area contributed by atoms with Crippen molar-refractivity contribution in [1.29, 1.82) is 0 Å². The van der Waals surface area contributed by atoms with Gasteiger partial charge >= 0.3 is 12.0 Å². The van der Waals surface area contributed by atoms with Crippen LogP contribution >= 0.6 is 0 Å². The lowest BCUT2D eigenvalue weighted by Gasteiger charge is -2.25. The molecule has 3 rings (SSSR count). The third kappa shape index (κ3) is 7.91. The lowest BCUT2D eigenvalue weighted by Crippen LogP contribution is -2.42. The maximum Gasteiger partial charge on any atom is 0.338 e. The highest BCUT2D eigenvalue weighted by atomic mass is 32.2. The SMILES string of the molecule is CC(C)CNC(=O)NC(=O)COC(=O)c1cccc(S(=O)(=O)N(Cc2ccccc2)c2ccccc2)c1. The molecule has 0 atom stereocenters. The van der Waals surface area contributed by atoms with Crippen molar-refractivity contribution in [3.63, 3.8) is 0 Å². The van der Waals surface area contributed by atoms with Gasteiger partial charge in [-0.3, -0.25) is 14.4 Å². The van der Waals surface area contributed by atoms with Gasteiger partial charge in [0.05, 0.1) is 22.7 Å². The van der Waals surface area contributed by atoms with Gasteiger partial charge in [-0.15, -0.1) is 0 Å². The highest BCUT2D eigenvalue weighted by molar-refractivity contribution is 7.92. The maximum absolute atomic E-state index is 13.7. The molecule has 0 bridgehead atoms. The van der Waals surface area contributed by atoms with Crippen LogP contribution in [0.25, 0.3) is 0 Å². The summed E-state index contributed by atoms with van der Waals surface area (Å²) in [5.41, 5.74) is 1.20. The first-order valence-electron chi connectivity index (χ1n) is 11.6. The predicted molar refractivity (Wildman–Crippen MR) is 139 cm³/mol. The molecule has 2 N–H and O–H groups in total. The number of urea groups is 1. The summed E-state index contributed by atoms with van der Waals surface area (Å²) in [6, 6.07) is 22.5. The number of esters is 1. The topological polar surface area (TPSA) is 122 Å². The van der Waals surface area contributed by atoms with Crippen molar-refractivity contribution >= 4 is 33.6 Å². The third-order valence-electron chi connectivity index (χ3n) is 5.13. The Morgan fingerprint density at radius 3 is 2.19 bits per heavy atom. The first kappa shape index (κ1) is 27.4. The van der Waals surface area contributed by atoms with Crippen molar-refractivity contribution in [3.8, 4) is 0 Å². The van der Waals surface area contributed by atoms with Crippen molar-refractivity contribution < 1.29 is 27.5 Å². The minimum Gasteiger partial charge on any atom is -0.452 e. The van der Waals surface area contributed by atoms with Gasteiger partial charge in [0.15, 0.2) is 6.61 Å². The summed E-state index contributed by atoms with van der Waals surface area (Å²) >= 11 is 0. The molecule has 3 aromatic rings. The molecule has 0 spiro atoms. The molecule has 9 nitrogen and oxygen atoms in total. The summed E-state index contributed by atoms with van der Waals surface area (Å²) in [4.78, 5) is 36.0. The van der Waals surface area contributed by atoms with Gasteiger partial charge in [-0.2, -0.15) is 0 Å². The number of nitrogens with one attached hydrogen (secondary N) is 2. The number of para-hydroxylation sites is 1. The summed E-state index contributed by atoms with van der Waals surface area (Å²) in [5, 5.41) is 4.58. The summed E-state index contributed by atoms with van der Waals surface area (Å²) in [6.07, 6.45) is 0. The molecule has 0 unspecified atom stereocenters. The van der Waals surface area contributed by atoms with Crippen molar-refractivity contribution in [2.24, 2.45) is 5.92 Å². The zero-order chi connectivity index (χ0) is 26.8. The van der Waals surface area contributed by atoms with E-state index in [4.69, 9.17) is 4.74 Å². The van der Waals surface area contributed by atoms with Gasteiger partial charge in [0, 0.05) is 6.54 Å². The number of carbonyl (C=O) groups excluding carboxylic acids is 3. The molecule has 0 heterocycles. The normalized spacial score (nSPS) is 11.0. The van der Waals surface area contributed by atoms with E-state index in [1.54, 1.807) is 30.3 Å². The third-order valence-corrected chi connectivity index (χ3v) is 6.90. The summed E-state index contributed by atoms with van der Waals surface area (Å²) in [7, 11) is -4.08. The lowest BCUT2D eigenvalue weighted by molar-refractivity contribution is -0.123. The Bertz CT molecular complexity index is 1330.